The van der Waals surface area contributed by atoms with Gasteiger partial charge in [0.25, 0.3) is 0 Å². The van der Waals surface area contributed by atoms with Crippen LogP contribution < -0.4 is 5.32 Å². The first-order valence-corrected chi connectivity index (χ1v) is 8.44. The number of hydrogen-bond donors (Lipinski definition) is 1. The van der Waals surface area contributed by atoms with Gasteiger partial charge in [-0.3, -0.25) is 0 Å². The molecule has 0 spiro atoms. The lowest BCUT2D eigenvalue weighted by molar-refractivity contribution is 0.403. The highest BCUT2D eigenvalue weighted by molar-refractivity contribution is 4.67. The first kappa shape index (κ1) is 18.0. The van der Waals surface area contributed by atoms with Gasteiger partial charge in [0.05, 0.1) is 0 Å². The summed E-state index contributed by atoms with van der Waals surface area (Å²) < 4.78 is 0. The Kier molecular flexibility index (Phi) is 13.4. The van der Waals surface area contributed by atoms with Crippen LogP contribution >= 0.6 is 0 Å². The molecule has 110 valence electrons. The molecule has 0 bridgehead atoms. The molecule has 0 saturated carbocycles. The molecule has 0 radical (unpaired) electrons. The van der Waals surface area contributed by atoms with Gasteiger partial charge in [-0.05, 0) is 31.7 Å². The lowest BCUT2D eigenvalue weighted by Crippen LogP contribution is -2.29. The van der Waals surface area contributed by atoms with Crippen LogP contribution in [0.4, 0.5) is 0 Å². The van der Waals surface area contributed by atoms with Crippen molar-refractivity contribution in [3.05, 3.63) is 0 Å². The molecule has 0 aromatic heterocycles. The lowest BCUT2D eigenvalue weighted by Gasteiger charge is -2.19. The van der Waals surface area contributed by atoms with Gasteiger partial charge in [0.2, 0.25) is 0 Å². The normalized spacial score (nSPS) is 13.2. The van der Waals surface area contributed by atoms with Gasteiger partial charge in [0, 0.05) is 6.04 Å². The second-order valence-electron chi connectivity index (χ2n) is 6.18. The van der Waals surface area contributed by atoms with E-state index in [1.54, 1.807) is 0 Å². The molecule has 1 N–H and O–H groups in total. The molecule has 1 unspecified atom stereocenters. The molecule has 0 aromatic rings. The van der Waals surface area contributed by atoms with E-state index in [-0.39, 0.29) is 0 Å². The summed E-state index contributed by atoms with van der Waals surface area (Å²) in [6.07, 6.45) is 13.9. The van der Waals surface area contributed by atoms with Crippen molar-refractivity contribution in [2.75, 3.05) is 6.54 Å². The summed E-state index contributed by atoms with van der Waals surface area (Å²) in [5.41, 5.74) is 0. The zero-order chi connectivity index (χ0) is 13.6. The predicted octanol–water partition coefficient (Wildman–Crippen LogP) is 5.54. The largest absolute Gasteiger partial charge is 0.314 e. The smallest absolute Gasteiger partial charge is 0.00670 e. The maximum atomic E-state index is 3.73. The monoisotopic (exact) mass is 255 g/mol. The maximum Gasteiger partial charge on any atom is 0.00670 e. The topological polar surface area (TPSA) is 12.0 Å². The van der Waals surface area contributed by atoms with Gasteiger partial charge in [0.1, 0.15) is 0 Å². The third-order valence-electron chi connectivity index (χ3n) is 3.67. The van der Waals surface area contributed by atoms with E-state index in [0.29, 0.717) is 0 Å². The van der Waals surface area contributed by atoms with E-state index in [2.05, 4.69) is 33.0 Å². The molecule has 0 heterocycles. The minimum atomic E-state index is 0.783. The summed E-state index contributed by atoms with van der Waals surface area (Å²) in [6, 6.07) is 0.783. The van der Waals surface area contributed by atoms with Gasteiger partial charge < -0.3 is 5.32 Å². The summed E-state index contributed by atoms with van der Waals surface area (Å²) in [6.45, 7) is 10.4. The lowest BCUT2D eigenvalue weighted by atomic mass is 9.98. The molecule has 18 heavy (non-hydrogen) atoms. The van der Waals surface area contributed by atoms with Crippen molar-refractivity contribution in [3.63, 3.8) is 0 Å². The second kappa shape index (κ2) is 13.4. The van der Waals surface area contributed by atoms with Gasteiger partial charge >= 0.3 is 0 Å². The van der Waals surface area contributed by atoms with Crippen LogP contribution in [-0.2, 0) is 0 Å². The van der Waals surface area contributed by atoms with Crippen LogP contribution in [-0.4, -0.2) is 12.6 Å². The van der Waals surface area contributed by atoms with Gasteiger partial charge in [0.15, 0.2) is 0 Å². The summed E-state index contributed by atoms with van der Waals surface area (Å²) in [7, 11) is 0. The first-order valence-electron chi connectivity index (χ1n) is 8.44. The van der Waals surface area contributed by atoms with Crippen LogP contribution in [0.3, 0.4) is 0 Å². The average Bonchev–Trinajstić information content (AvgIpc) is 2.34. The van der Waals surface area contributed by atoms with Crippen molar-refractivity contribution in [2.24, 2.45) is 5.92 Å². The first-order chi connectivity index (χ1) is 8.70. The molecule has 0 aliphatic heterocycles. The molecule has 0 saturated heterocycles. The van der Waals surface area contributed by atoms with Gasteiger partial charge in [-0.2, -0.15) is 0 Å². The Morgan fingerprint density at radius 3 is 2.00 bits per heavy atom. The summed E-state index contributed by atoms with van der Waals surface area (Å²) in [4.78, 5) is 0. The van der Waals surface area contributed by atoms with Crippen LogP contribution in [0.1, 0.15) is 91.9 Å². The highest BCUT2D eigenvalue weighted by Gasteiger charge is 2.07. The minimum Gasteiger partial charge on any atom is -0.314 e. The Morgan fingerprint density at radius 1 is 0.722 bits per heavy atom. The Morgan fingerprint density at radius 2 is 1.39 bits per heavy atom. The molecule has 1 heteroatoms. The third kappa shape index (κ3) is 12.4. The number of rotatable bonds is 13. The van der Waals surface area contributed by atoms with Crippen molar-refractivity contribution in [1.82, 2.24) is 5.32 Å². The standard InChI is InChI=1S/C17H37N/c1-5-7-8-9-10-13-17(18-15-6-2)14-11-12-16(3)4/h16-18H,5-15H2,1-4H3. The SMILES string of the molecule is CCCCCCCC(CCCC(C)C)NCCC. The average molecular weight is 255 g/mol. The van der Waals surface area contributed by atoms with Crippen molar-refractivity contribution in [3.8, 4) is 0 Å². The quantitative estimate of drug-likeness (QED) is 0.426. The van der Waals surface area contributed by atoms with E-state index in [0.717, 1.165) is 12.0 Å². The summed E-state index contributed by atoms with van der Waals surface area (Å²) in [5.74, 6) is 0.862. The molecule has 0 amide bonds. The third-order valence-corrected chi connectivity index (χ3v) is 3.67. The zero-order valence-corrected chi connectivity index (χ0v) is 13.4. The van der Waals surface area contributed by atoms with Crippen molar-refractivity contribution in [2.45, 2.75) is 97.9 Å². The Bertz CT molecular complexity index is 154. The second-order valence-corrected chi connectivity index (χ2v) is 6.18. The number of unbranched alkanes of at least 4 members (excludes halogenated alkanes) is 4. The van der Waals surface area contributed by atoms with E-state index in [9.17, 15) is 0 Å². The Balaban J connectivity index is 3.62. The van der Waals surface area contributed by atoms with E-state index in [1.165, 1.54) is 70.8 Å². The van der Waals surface area contributed by atoms with Crippen LogP contribution in [0.25, 0.3) is 0 Å². The molecular weight excluding hydrogens is 218 g/mol. The predicted molar refractivity (Wildman–Crippen MR) is 84.1 cm³/mol. The number of nitrogens with one attached hydrogen (secondary N) is 1. The molecule has 0 fully saturated rings. The molecule has 0 rings (SSSR count). The summed E-state index contributed by atoms with van der Waals surface area (Å²) in [5, 5.41) is 3.73. The van der Waals surface area contributed by atoms with E-state index in [4.69, 9.17) is 0 Å². The van der Waals surface area contributed by atoms with Crippen molar-refractivity contribution < 1.29 is 0 Å². The van der Waals surface area contributed by atoms with E-state index >= 15 is 0 Å². The van der Waals surface area contributed by atoms with Crippen LogP contribution in [0.2, 0.25) is 0 Å². The Labute approximate surface area is 116 Å². The fraction of sp³-hybridized carbons (Fsp3) is 1.00. The highest BCUT2D eigenvalue weighted by Crippen LogP contribution is 2.14. The molecule has 0 aliphatic rings. The van der Waals surface area contributed by atoms with E-state index in [1.807, 2.05) is 0 Å². The number of hydrogen-bond acceptors (Lipinski definition) is 1. The van der Waals surface area contributed by atoms with Crippen molar-refractivity contribution in [1.29, 1.82) is 0 Å². The van der Waals surface area contributed by atoms with Crippen LogP contribution in [0, 0.1) is 5.92 Å². The van der Waals surface area contributed by atoms with Crippen LogP contribution in [0.15, 0.2) is 0 Å². The summed E-state index contributed by atoms with van der Waals surface area (Å²) >= 11 is 0. The molecule has 0 aliphatic carbocycles. The minimum absolute atomic E-state index is 0.783. The highest BCUT2D eigenvalue weighted by atomic mass is 14.9. The van der Waals surface area contributed by atoms with Crippen molar-refractivity contribution >= 4 is 0 Å². The fourth-order valence-corrected chi connectivity index (χ4v) is 2.46. The maximum absolute atomic E-state index is 3.73. The van der Waals surface area contributed by atoms with Crippen LogP contribution in [0.5, 0.6) is 0 Å². The van der Waals surface area contributed by atoms with Gasteiger partial charge in [-0.1, -0.05) is 72.6 Å². The van der Waals surface area contributed by atoms with Gasteiger partial charge in [-0.25, -0.2) is 0 Å². The molecule has 1 nitrogen and oxygen atoms in total. The van der Waals surface area contributed by atoms with E-state index < -0.39 is 0 Å². The molecule has 0 aromatic carbocycles. The fourth-order valence-electron chi connectivity index (χ4n) is 2.46. The zero-order valence-electron chi connectivity index (χ0n) is 13.4. The molecular formula is C17H37N. The Hall–Kier alpha value is -0.0400. The van der Waals surface area contributed by atoms with Gasteiger partial charge in [-0.15, -0.1) is 0 Å². The molecule has 1 atom stereocenters.